The molecule has 0 saturated carbocycles. The van der Waals surface area contributed by atoms with E-state index in [9.17, 15) is 19.3 Å². The van der Waals surface area contributed by atoms with Crippen LogP contribution in [0.2, 0.25) is 0 Å². The van der Waals surface area contributed by atoms with E-state index in [-0.39, 0.29) is 19.4 Å². The molecule has 54 heavy (non-hydrogen) atoms. The van der Waals surface area contributed by atoms with Gasteiger partial charge in [-0.25, -0.2) is 4.57 Å². The minimum Gasteiger partial charge on any atom is -0.462 e. The molecule has 0 amide bonds. The molecule has 0 saturated heterocycles. The number of aliphatic hydroxyl groups is 1. The third-order valence-electron chi connectivity index (χ3n) is 9.11. The number of unbranched alkanes of at least 4 members (excludes halogenated alkanes) is 18. The second kappa shape index (κ2) is 37.9. The Morgan fingerprint density at radius 2 is 1.19 bits per heavy atom. The van der Waals surface area contributed by atoms with Crippen molar-refractivity contribution in [1.82, 2.24) is 0 Å². The lowest BCUT2D eigenvalue weighted by molar-refractivity contribution is -0.161. The lowest BCUT2D eigenvalue weighted by Gasteiger charge is -2.18. The van der Waals surface area contributed by atoms with Crippen molar-refractivity contribution < 1.29 is 43.0 Å². The van der Waals surface area contributed by atoms with Gasteiger partial charge >= 0.3 is 19.8 Å². The van der Waals surface area contributed by atoms with Crippen molar-refractivity contribution in [3.8, 4) is 0 Å². The van der Waals surface area contributed by atoms with Crippen LogP contribution in [0, 0.1) is 5.92 Å². The van der Waals surface area contributed by atoms with Gasteiger partial charge in [0.25, 0.3) is 0 Å². The molecule has 0 fully saturated rings. The second-order valence-corrected chi connectivity index (χ2v) is 16.2. The van der Waals surface area contributed by atoms with E-state index in [1.807, 2.05) is 36.5 Å². The molecule has 0 aliphatic heterocycles. The predicted octanol–water partition coefficient (Wildman–Crippen LogP) is 12.0. The zero-order chi connectivity index (χ0) is 40.0. The van der Waals surface area contributed by atoms with Crippen LogP contribution in [0.3, 0.4) is 0 Å². The second-order valence-electron chi connectivity index (χ2n) is 15.0. The molecule has 3 N–H and O–H groups in total. The summed E-state index contributed by atoms with van der Waals surface area (Å²) in [4.78, 5) is 42.8. The molecule has 0 unspecified atom stereocenters. The molecule has 0 aliphatic rings. The van der Waals surface area contributed by atoms with E-state index in [1.165, 1.54) is 96.3 Å². The summed E-state index contributed by atoms with van der Waals surface area (Å²) >= 11 is 0. The zero-order valence-electron chi connectivity index (χ0n) is 34.4. The van der Waals surface area contributed by atoms with E-state index in [0.29, 0.717) is 25.7 Å². The van der Waals surface area contributed by atoms with Crippen molar-refractivity contribution in [2.45, 2.75) is 200 Å². The van der Waals surface area contributed by atoms with Crippen LogP contribution in [0.5, 0.6) is 0 Å². The highest BCUT2D eigenvalue weighted by Gasteiger charge is 2.22. The van der Waals surface area contributed by atoms with Crippen LogP contribution in [-0.4, -0.2) is 52.3 Å². The molecular formula is C44H79O9P. The van der Waals surface area contributed by atoms with Gasteiger partial charge in [0.1, 0.15) is 6.61 Å². The number of phosphoric acid groups is 1. The summed E-state index contributed by atoms with van der Waals surface area (Å²) in [5.74, 6) is -0.157. The molecule has 0 bridgehead atoms. The Morgan fingerprint density at radius 3 is 1.78 bits per heavy atom. The van der Waals surface area contributed by atoms with Gasteiger partial charge < -0.3 is 24.4 Å². The van der Waals surface area contributed by atoms with E-state index in [0.717, 1.165) is 38.0 Å². The Hall–Kier alpha value is -2.03. The minimum atomic E-state index is -4.78. The average Bonchev–Trinajstić information content (AvgIpc) is 3.12. The monoisotopic (exact) mass is 783 g/mol. The third-order valence-corrected chi connectivity index (χ3v) is 9.59. The summed E-state index contributed by atoms with van der Waals surface area (Å²) in [6, 6.07) is 0. The van der Waals surface area contributed by atoms with Gasteiger partial charge in [-0.3, -0.25) is 14.1 Å². The Morgan fingerprint density at radius 1 is 0.630 bits per heavy atom. The fourth-order valence-electron chi connectivity index (χ4n) is 5.87. The van der Waals surface area contributed by atoms with E-state index >= 15 is 0 Å². The van der Waals surface area contributed by atoms with Crippen molar-refractivity contribution in [2.24, 2.45) is 5.92 Å². The summed E-state index contributed by atoms with van der Waals surface area (Å²) in [7, 11) is -4.78. The molecule has 10 heteroatoms. The smallest absolute Gasteiger partial charge is 0.462 e. The first-order valence-electron chi connectivity index (χ1n) is 21.4. The van der Waals surface area contributed by atoms with Gasteiger partial charge in [0.15, 0.2) is 6.10 Å². The summed E-state index contributed by atoms with van der Waals surface area (Å²) < 4.78 is 26.3. The van der Waals surface area contributed by atoms with Crippen LogP contribution in [0.1, 0.15) is 188 Å². The maximum Gasteiger partial charge on any atom is 0.469 e. The quantitative estimate of drug-likeness (QED) is 0.0183. The van der Waals surface area contributed by atoms with Gasteiger partial charge in [-0.15, -0.1) is 0 Å². The summed E-state index contributed by atoms with van der Waals surface area (Å²) in [6.45, 7) is 5.89. The predicted molar refractivity (Wildman–Crippen MR) is 222 cm³/mol. The molecule has 314 valence electrons. The maximum atomic E-state index is 12.4. The average molecular weight is 783 g/mol. The van der Waals surface area contributed by atoms with Gasteiger partial charge in [0.2, 0.25) is 0 Å². The van der Waals surface area contributed by atoms with Crippen molar-refractivity contribution in [3.63, 3.8) is 0 Å². The number of hydrogen-bond donors (Lipinski definition) is 3. The lowest BCUT2D eigenvalue weighted by Crippen LogP contribution is -2.29. The van der Waals surface area contributed by atoms with Crippen molar-refractivity contribution in [3.05, 3.63) is 48.6 Å². The third kappa shape index (κ3) is 41.1. The Balaban J connectivity index is 4.05. The van der Waals surface area contributed by atoms with Crippen LogP contribution in [0.4, 0.5) is 0 Å². The molecule has 0 rings (SSSR count). The number of hydrogen-bond acceptors (Lipinski definition) is 7. The standard InChI is InChI=1S/C44H79O9P/c1-4-5-6-7-24-29-34-41(45)35-30-25-20-17-18-21-26-31-36-43(46)51-38-42(39-52-54(48,49)50)53-44(47)37-32-27-22-16-14-12-10-8-9-11-13-15-19-23-28-33-40(2)3/h18,20-21,24-25,29-30,35,40-42,45H,4-17,19,22-23,26-28,31-34,36-39H2,1-3H3,(H2,48,49,50)/b21-18-,25-20-,29-24-,35-30+/t41-,42-/m1/s1. The number of ether oxygens (including phenoxy) is 2. The molecule has 0 aromatic heterocycles. The molecule has 0 spiro atoms. The molecule has 0 aliphatic carbocycles. The van der Waals surface area contributed by atoms with Gasteiger partial charge in [0, 0.05) is 12.8 Å². The summed E-state index contributed by atoms with van der Waals surface area (Å²) in [6.07, 6.45) is 41.5. The highest BCUT2D eigenvalue weighted by molar-refractivity contribution is 7.46. The zero-order valence-corrected chi connectivity index (χ0v) is 35.3. The number of carbonyl (C=O) groups excluding carboxylic acids is 2. The topological polar surface area (TPSA) is 140 Å². The van der Waals surface area contributed by atoms with Crippen molar-refractivity contribution in [2.75, 3.05) is 13.2 Å². The summed E-state index contributed by atoms with van der Waals surface area (Å²) in [5, 5.41) is 9.99. The largest absolute Gasteiger partial charge is 0.469 e. The molecule has 0 heterocycles. The number of carbonyl (C=O) groups is 2. The Bertz CT molecular complexity index is 1050. The van der Waals surface area contributed by atoms with Crippen LogP contribution < -0.4 is 0 Å². The normalized spacial score (nSPS) is 13.6. The molecule has 0 radical (unpaired) electrons. The Kier molecular flexibility index (Phi) is 36.4. The molecule has 0 aromatic carbocycles. The molecule has 0 aromatic rings. The van der Waals surface area contributed by atoms with Crippen LogP contribution in [-0.2, 0) is 28.2 Å². The van der Waals surface area contributed by atoms with Crippen molar-refractivity contribution >= 4 is 19.8 Å². The van der Waals surface area contributed by atoms with E-state index in [4.69, 9.17) is 19.3 Å². The van der Waals surface area contributed by atoms with Crippen LogP contribution in [0.15, 0.2) is 48.6 Å². The van der Waals surface area contributed by atoms with E-state index < -0.39 is 38.6 Å². The maximum absolute atomic E-state index is 12.4. The fraction of sp³-hybridized carbons (Fsp3) is 0.773. The number of allylic oxidation sites excluding steroid dienone is 6. The fourth-order valence-corrected chi connectivity index (χ4v) is 6.23. The SMILES string of the molecule is CCCCC/C=C\C[C@@H](O)/C=C/C=C\C/C=C\CCCC(=O)OC[C@H](COP(=O)(O)O)OC(=O)CCCCCCCCCCCCCCCCCC(C)C. The summed E-state index contributed by atoms with van der Waals surface area (Å²) in [5.41, 5.74) is 0. The highest BCUT2D eigenvalue weighted by atomic mass is 31.2. The Labute approximate surface area is 329 Å². The first-order chi connectivity index (χ1) is 26.0. The molecular weight excluding hydrogens is 703 g/mol. The van der Waals surface area contributed by atoms with Gasteiger partial charge in [-0.1, -0.05) is 179 Å². The lowest BCUT2D eigenvalue weighted by atomic mass is 10.0. The number of rotatable bonds is 38. The molecule has 2 atom stereocenters. The van der Waals surface area contributed by atoms with Gasteiger partial charge in [-0.05, 0) is 50.9 Å². The number of esters is 2. The van der Waals surface area contributed by atoms with Gasteiger partial charge in [-0.2, -0.15) is 0 Å². The first kappa shape index (κ1) is 52.0. The molecule has 9 nitrogen and oxygen atoms in total. The first-order valence-corrected chi connectivity index (χ1v) is 22.9. The van der Waals surface area contributed by atoms with E-state index in [1.54, 1.807) is 6.08 Å². The van der Waals surface area contributed by atoms with E-state index in [2.05, 4.69) is 31.4 Å². The van der Waals surface area contributed by atoms with Gasteiger partial charge in [0.05, 0.1) is 12.7 Å². The van der Waals surface area contributed by atoms with Crippen LogP contribution >= 0.6 is 7.82 Å². The minimum absolute atomic E-state index is 0.159. The van der Waals surface area contributed by atoms with Crippen LogP contribution in [0.25, 0.3) is 0 Å². The number of phosphoric ester groups is 1. The highest BCUT2D eigenvalue weighted by Crippen LogP contribution is 2.36. The van der Waals surface area contributed by atoms with Crippen molar-refractivity contribution in [1.29, 1.82) is 0 Å². The number of aliphatic hydroxyl groups excluding tert-OH is 1.